The predicted octanol–water partition coefficient (Wildman–Crippen LogP) is 1.97. The molecule has 0 fully saturated rings. The van der Waals surface area contributed by atoms with E-state index < -0.39 is 5.82 Å². The maximum absolute atomic E-state index is 13.0. The van der Waals surface area contributed by atoms with Crippen LogP contribution in [0.4, 0.5) is 4.39 Å². The van der Waals surface area contributed by atoms with Gasteiger partial charge in [0.25, 0.3) is 0 Å². The zero-order valence-corrected chi connectivity index (χ0v) is 7.60. The molecule has 70 valence electrons. The number of halogens is 1. The summed E-state index contributed by atoms with van der Waals surface area (Å²) < 4.78 is 13.0. The van der Waals surface area contributed by atoms with Gasteiger partial charge >= 0.3 is 0 Å². The molecule has 0 atom stereocenters. The van der Waals surface area contributed by atoms with Crippen LogP contribution in [0.5, 0.6) is 5.75 Å². The van der Waals surface area contributed by atoms with Gasteiger partial charge < -0.3 is 5.11 Å². The highest BCUT2D eigenvalue weighted by molar-refractivity contribution is 5.79. The van der Waals surface area contributed by atoms with E-state index in [2.05, 4.69) is 0 Å². The Morgan fingerprint density at radius 3 is 2.69 bits per heavy atom. The van der Waals surface area contributed by atoms with Gasteiger partial charge in [-0.15, -0.1) is 0 Å². The zero-order valence-electron chi connectivity index (χ0n) is 7.60. The smallest absolute Gasteiger partial charge is 0.134 e. The molecule has 0 aliphatic rings. The lowest BCUT2D eigenvalue weighted by Crippen LogP contribution is -2.00. The highest BCUT2D eigenvalue weighted by Crippen LogP contribution is 2.23. The van der Waals surface area contributed by atoms with Gasteiger partial charge in [0.2, 0.25) is 0 Å². The Bertz CT molecular complexity index is 345. The molecular formula is C10H11FO2. The summed E-state index contributed by atoms with van der Waals surface area (Å²) >= 11 is 0. The van der Waals surface area contributed by atoms with Crippen LogP contribution in [0.3, 0.4) is 0 Å². The average molecular weight is 182 g/mol. The number of ketones is 1. The lowest BCUT2D eigenvalue weighted by molar-refractivity contribution is -0.116. The fraction of sp³-hybridized carbons (Fsp3) is 0.300. The third-order valence-corrected chi connectivity index (χ3v) is 1.93. The van der Waals surface area contributed by atoms with E-state index in [1.165, 1.54) is 19.1 Å². The van der Waals surface area contributed by atoms with E-state index in [1.807, 2.05) is 0 Å². The summed E-state index contributed by atoms with van der Waals surface area (Å²) in [5.74, 6) is -0.507. The van der Waals surface area contributed by atoms with Gasteiger partial charge in [-0.3, -0.25) is 4.79 Å². The molecule has 0 radical (unpaired) electrons. The molecule has 0 aliphatic carbocycles. The molecule has 0 unspecified atom stereocenters. The summed E-state index contributed by atoms with van der Waals surface area (Å²) in [5.41, 5.74) is 0.725. The molecule has 0 spiro atoms. The Morgan fingerprint density at radius 2 is 2.15 bits per heavy atom. The summed E-state index contributed by atoms with van der Waals surface area (Å²) in [7, 11) is 0. The van der Waals surface area contributed by atoms with Crippen LogP contribution in [0.15, 0.2) is 12.1 Å². The first-order valence-corrected chi connectivity index (χ1v) is 3.98. The van der Waals surface area contributed by atoms with Crippen LogP contribution < -0.4 is 0 Å². The minimum atomic E-state index is -0.394. The van der Waals surface area contributed by atoms with Gasteiger partial charge in [-0.05, 0) is 31.5 Å². The van der Waals surface area contributed by atoms with Gasteiger partial charge in [-0.25, -0.2) is 4.39 Å². The maximum Gasteiger partial charge on any atom is 0.134 e. The molecule has 2 nitrogen and oxygen atoms in total. The summed E-state index contributed by atoms with van der Waals surface area (Å²) in [6.07, 6.45) is 0.0788. The summed E-state index contributed by atoms with van der Waals surface area (Å²) in [6.45, 7) is 2.96. The summed E-state index contributed by atoms with van der Waals surface area (Å²) in [6, 6.07) is 2.45. The van der Waals surface area contributed by atoms with Crippen molar-refractivity contribution in [3.05, 3.63) is 29.1 Å². The number of hydrogen-bond donors (Lipinski definition) is 1. The highest BCUT2D eigenvalue weighted by atomic mass is 19.1. The topological polar surface area (TPSA) is 37.3 Å². The van der Waals surface area contributed by atoms with Crippen LogP contribution in [0.1, 0.15) is 18.1 Å². The number of hydrogen-bond acceptors (Lipinski definition) is 2. The SMILES string of the molecule is CC(=O)Cc1c(O)ccc(F)c1C. The van der Waals surface area contributed by atoms with Crippen LogP contribution in [0, 0.1) is 12.7 Å². The van der Waals surface area contributed by atoms with Gasteiger partial charge in [0, 0.05) is 12.0 Å². The van der Waals surface area contributed by atoms with E-state index in [-0.39, 0.29) is 18.0 Å². The molecule has 0 aliphatic heterocycles. The van der Waals surface area contributed by atoms with Crippen LogP contribution in [0.25, 0.3) is 0 Å². The number of rotatable bonds is 2. The molecule has 1 aromatic carbocycles. The van der Waals surface area contributed by atoms with Crippen LogP contribution in [0.2, 0.25) is 0 Å². The third-order valence-electron chi connectivity index (χ3n) is 1.93. The minimum Gasteiger partial charge on any atom is -0.508 e. The molecule has 0 amide bonds. The molecular weight excluding hydrogens is 171 g/mol. The number of phenols is 1. The first-order valence-electron chi connectivity index (χ1n) is 3.98. The van der Waals surface area contributed by atoms with Crippen molar-refractivity contribution in [2.75, 3.05) is 0 Å². The Hall–Kier alpha value is -1.38. The lowest BCUT2D eigenvalue weighted by Gasteiger charge is -2.06. The van der Waals surface area contributed by atoms with Gasteiger partial charge in [-0.2, -0.15) is 0 Å². The van der Waals surface area contributed by atoms with Gasteiger partial charge in [0.15, 0.2) is 0 Å². The molecule has 3 heteroatoms. The molecule has 0 heterocycles. The van der Waals surface area contributed by atoms with Crippen molar-refractivity contribution in [3.8, 4) is 5.75 Å². The number of carbonyl (C=O) groups is 1. The summed E-state index contributed by atoms with van der Waals surface area (Å²) in [4.78, 5) is 10.8. The second-order valence-corrected chi connectivity index (χ2v) is 3.05. The van der Waals surface area contributed by atoms with Crippen LogP contribution >= 0.6 is 0 Å². The van der Waals surface area contributed by atoms with E-state index in [1.54, 1.807) is 6.92 Å². The largest absolute Gasteiger partial charge is 0.508 e. The molecule has 1 aromatic rings. The molecule has 0 aromatic heterocycles. The molecule has 0 saturated heterocycles. The monoisotopic (exact) mass is 182 g/mol. The van der Waals surface area contributed by atoms with Crippen molar-refractivity contribution < 1.29 is 14.3 Å². The van der Waals surface area contributed by atoms with E-state index in [4.69, 9.17) is 0 Å². The Balaban J connectivity index is 3.17. The molecule has 0 saturated carbocycles. The number of carbonyl (C=O) groups excluding carboxylic acids is 1. The number of benzene rings is 1. The second-order valence-electron chi connectivity index (χ2n) is 3.05. The minimum absolute atomic E-state index is 0.0194. The summed E-state index contributed by atoms with van der Waals surface area (Å²) in [5, 5.41) is 9.35. The van der Waals surface area contributed by atoms with Crippen LogP contribution in [-0.2, 0) is 11.2 Å². The Morgan fingerprint density at radius 1 is 1.54 bits per heavy atom. The van der Waals surface area contributed by atoms with Crippen molar-refractivity contribution in [3.63, 3.8) is 0 Å². The Labute approximate surface area is 76.0 Å². The standard InChI is InChI=1S/C10H11FO2/c1-6(12)5-8-7(2)9(11)3-4-10(8)13/h3-4,13H,5H2,1-2H3. The molecule has 13 heavy (non-hydrogen) atoms. The van der Waals surface area contributed by atoms with Crippen molar-refractivity contribution in [2.24, 2.45) is 0 Å². The van der Waals surface area contributed by atoms with Gasteiger partial charge in [0.05, 0.1) is 0 Å². The number of phenolic OH excluding ortho intramolecular Hbond substituents is 1. The van der Waals surface area contributed by atoms with Crippen molar-refractivity contribution in [1.29, 1.82) is 0 Å². The van der Waals surface area contributed by atoms with Gasteiger partial charge in [0.1, 0.15) is 17.3 Å². The highest BCUT2D eigenvalue weighted by Gasteiger charge is 2.10. The first kappa shape index (κ1) is 9.71. The fourth-order valence-electron chi connectivity index (χ4n) is 1.19. The van der Waals surface area contributed by atoms with E-state index in [0.29, 0.717) is 11.1 Å². The number of Topliss-reactive ketones (excluding diaryl/α,β-unsaturated/α-hetero) is 1. The first-order chi connectivity index (χ1) is 6.02. The lowest BCUT2D eigenvalue weighted by atomic mass is 10.0. The quantitative estimate of drug-likeness (QED) is 0.759. The number of aromatic hydroxyl groups is 1. The predicted molar refractivity (Wildman–Crippen MR) is 47.2 cm³/mol. The molecule has 1 N–H and O–H groups in total. The normalized spacial score (nSPS) is 10.1. The van der Waals surface area contributed by atoms with Gasteiger partial charge in [-0.1, -0.05) is 0 Å². The Kier molecular flexibility index (Phi) is 2.66. The second kappa shape index (κ2) is 3.56. The van der Waals surface area contributed by atoms with E-state index >= 15 is 0 Å². The molecule has 0 bridgehead atoms. The molecule has 1 rings (SSSR count). The third kappa shape index (κ3) is 2.05. The van der Waals surface area contributed by atoms with Crippen LogP contribution in [-0.4, -0.2) is 10.9 Å². The fourth-order valence-corrected chi connectivity index (χ4v) is 1.19. The van der Waals surface area contributed by atoms with Crippen molar-refractivity contribution >= 4 is 5.78 Å². The van der Waals surface area contributed by atoms with E-state index in [9.17, 15) is 14.3 Å². The maximum atomic E-state index is 13.0. The van der Waals surface area contributed by atoms with Crippen molar-refractivity contribution in [1.82, 2.24) is 0 Å². The zero-order chi connectivity index (χ0) is 10.0. The average Bonchev–Trinajstić information content (AvgIpc) is 2.05. The van der Waals surface area contributed by atoms with E-state index in [0.717, 1.165) is 0 Å². The van der Waals surface area contributed by atoms with Crippen molar-refractivity contribution in [2.45, 2.75) is 20.3 Å².